The van der Waals surface area contributed by atoms with Crippen LogP contribution in [-0.2, 0) is 0 Å². The standard InChI is InChI=1S/C12H13BrF3NO/c1-2-3-4-7-17-10-6-5-9(13)8-11(10)18-12(14,15)16/h2,5-6,8,17H,1,3-4,7H2. The molecular formula is C12H13BrF3NO. The molecule has 1 N–H and O–H groups in total. The molecule has 0 spiro atoms. The highest BCUT2D eigenvalue weighted by atomic mass is 79.9. The van der Waals surface area contributed by atoms with Crippen LogP contribution in [0.2, 0.25) is 0 Å². The van der Waals surface area contributed by atoms with Gasteiger partial charge in [0.1, 0.15) is 0 Å². The minimum absolute atomic E-state index is 0.240. The molecule has 0 amide bonds. The smallest absolute Gasteiger partial charge is 0.404 e. The number of unbranched alkanes of at least 4 members (excludes halogenated alkanes) is 1. The van der Waals surface area contributed by atoms with E-state index in [1.54, 1.807) is 18.2 Å². The zero-order chi connectivity index (χ0) is 13.6. The summed E-state index contributed by atoms with van der Waals surface area (Å²) in [5.41, 5.74) is 0.319. The fraction of sp³-hybridized carbons (Fsp3) is 0.333. The van der Waals surface area contributed by atoms with Crippen LogP contribution < -0.4 is 10.1 Å². The Morgan fingerprint density at radius 3 is 2.72 bits per heavy atom. The minimum Gasteiger partial charge on any atom is -0.404 e. The van der Waals surface area contributed by atoms with Gasteiger partial charge in [0, 0.05) is 11.0 Å². The normalized spacial score (nSPS) is 11.1. The second kappa shape index (κ2) is 6.68. The Bertz CT molecular complexity index is 407. The molecule has 0 saturated carbocycles. The SMILES string of the molecule is C=CCCCNc1ccc(Br)cc1OC(F)(F)F. The number of benzene rings is 1. The fourth-order valence-electron chi connectivity index (χ4n) is 1.32. The summed E-state index contributed by atoms with van der Waals surface area (Å²) in [5, 5.41) is 2.90. The van der Waals surface area contributed by atoms with Crippen molar-refractivity contribution in [2.24, 2.45) is 0 Å². The maximum absolute atomic E-state index is 12.2. The highest BCUT2D eigenvalue weighted by Crippen LogP contribution is 2.32. The predicted molar refractivity (Wildman–Crippen MR) is 68.7 cm³/mol. The van der Waals surface area contributed by atoms with Crippen LogP contribution in [-0.4, -0.2) is 12.9 Å². The molecule has 0 aliphatic rings. The van der Waals surface area contributed by atoms with Crippen molar-refractivity contribution in [3.05, 3.63) is 35.3 Å². The van der Waals surface area contributed by atoms with E-state index in [0.717, 1.165) is 12.8 Å². The van der Waals surface area contributed by atoms with Crippen LogP contribution in [0.15, 0.2) is 35.3 Å². The molecule has 100 valence electrons. The van der Waals surface area contributed by atoms with Crippen LogP contribution in [0.4, 0.5) is 18.9 Å². The van der Waals surface area contributed by atoms with Gasteiger partial charge < -0.3 is 10.1 Å². The molecule has 0 fully saturated rings. The van der Waals surface area contributed by atoms with Crippen molar-refractivity contribution in [3.63, 3.8) is 0 Å². The molecule has 2 nitrogen and oxygen atoms in total. The number of hydrogen-bond acceptors (Lipinski definition) is 2. The first-order valence-electron chi connectivity index (χ1n) is 5.32. The Kier molecular flexibility index (Phi) is 5.53. The molecule has 0 heterocycles. The van der Waals surface area contributed by atoms with Gasteiger partial charge in [-0.05, 0) is 31.0 Å². The van der Waals surface area contributed by atoms with Gasteiger partial charge in [0.25, 0.3) is 0 Å². The van der Waals surface area contributed by atoms with Gasteiger partial charge in [0.15, 0.2) is 5.75 Å². The number of allylic oxidation sites excluding steroid dienone is 1. The first-order chi connectivity index (χ1) is 8.42. The summed E-state index contributed by atoms with van der Waals surface area (Å²) in [5.74, 6) is -0.240. The molecule has 1 aromatic rings. The summed E-state index contributed by atoms with van der Waals surface area (Å²) >= 11 is 3.11. The zero-order valence-corrected chi connectivity index (χ0v) is 11.1. The van der Waals surface area contributed by atoms with Crippen molar-refractivity contribution in [1.82, 2.24) is 0 Å². The first-order valence-corrected chi connectivity index (χ1v) is 6.12. The highest BCUT2D eigenvalue weighted by molar-refractivity contribution is 9.10. The zero-order valence-electron chi connectivity index (χ0n) is 9.56. The molecule has 0 aromatic heterocycles. The second-order valence-electron chi connectivity index (χ2n) is 3.55. The van der Waals surface area contributed by atoms with E-state index in [-0.39, 0.29) is 5.75 Å². The van der Waals surface area contributed by atoms with E-state index in [0.29, 0.717) is 16.7 Å². The molecule has 0 aliphatic carbocycles. The predicted octanol–water partition coefficient (Wildman–Crippen LogP) is 4.73. The summed E-state index contributed by atoms with van der Waals surface area (Å²) in [6, 6.07) is 4.47. The summed E-state index contributed by atoms with van der Waals surface area (Å²) in [4.78, 5) is 0. The molecule has 1 aromatic carbocycles. The number of hydrogen-bond donors (Lipinski definition) is 1. The van der Waals surface area contributed by atoms with E-state index in [2.05, 4.69) is 32.6 Å². The third-order valence-corrected chi connectivity index (χ3v) is 2.56. The van der Waals surface area contributed by atoms with Gasteiger partial charge in [0.2, 0.25) is 0 Å². The average molecular weight is 324 g/mol. The van der Waals surface area contributed by atoms with Crippen molar-refractivity contribution in [2.45, 2.75) is 19.2 Å². The van der Waals surface area contributed by atoms with Crippen LogP contribution in [0, 0.1) is 0 Å². The summed E-state index contributed by atoms with van der Waals surface area (Å²) in [7, 11) is 0. The lowest BCUT2D eigenvalue weighted by molar-refractivity contribution is -0.274. The summed E-state index contributed by atoms with van der Waals surface area (Å²) in [6.45, 7) is 4.13. The molecule has 0 unspecified atom stereocenters. The highest BCUT2D eigenvalue weighted by Gasteiger charge is 2.32. The fourth-order valence-corrected chi connectivity index (χ4v) is 1.66. The summed E-state index contributed by atoms with van der Waals surface area (Å²) < 4.78 is 41.1. The van der Waals surface area contributed by atoms with E-state index < -0.39 is 6.36 Å². The largest absolute Gasteiger partial charge is 0.573 e. The van der Waals surface area contributed by atoms with Crippen molar-refractivity contribution in [2.75, 3.05) is 11.9 Å². The Labute approximate surface area is 112 Å². The molecule has 1 rings (SSSR count). The van der Waals surface area contributed by atoms with E-state index >= 15 is 0 Å². The quantitative estimate of drug-likeness (QED) is 0.603. The molecular weight excluding hydrogens is 311 g/mol. The van der Waals surface area contributed by atoms with E-state index in [4.69, 9.17) is 0 Å². The van der Waals surface area contributed by atoms with Crippen molar-refractivity contribution in [1.29, 1.82) is 0 Å². The molecule has 6 heteroatoms. The molecule has 0 saturated heterocycles. The van der Waals surface area contributed by atoms with Gasteiger partial charge >= 0.3 is 6.36 Å². The lowest BCUT2D eigenvalue weighted by Crippen LogP contribution is -2.18. The third kappa shape index (κ3) is 5.44. The molecule has 18 heavy (non-hydrogen) atoms. The Morgan fingerprint density at radius 1 is 1.39 bits per heavy atom. The number of anilines is 1. The topological polar surface area (TPSA) is 21.3 Å². The van der Waals surface area contributed by atoms with Gasteiger partial charge in [-0.1, -0.05) is 22.0 Å². The maximum atomic E-state index is 12.2. The number of nitrogens with one attached hydrogen (secondary N) is 1. The minimum atomic E-state index is -4.70. The van der Waals surface area contributed by atoms with Crippen LogP contribution in [0.3, 0.4) is 0 Å². The van der Waals surface area contributed by atoms with Crippen molar-refractivity contribution < 1.29 is 17.9 Å². The molecule has 0 radical (unpaired) electrons. The molecule has 0 atom stereocenters. The second-order valence-corrected chi connectivity index (χ2v) is 4.46. The van der Waals surface area contributed by atoms with Crippen LogP contribution in [0.5, 0.6) is 5.75 Å². The monoisotopic (exact) mass is 323 g/mol. The lowest BCUT2D eigenvalue weighted by atomic mass is 10.2. The van der Waals surface area contributed by atoms with Gasteiger partial charge in [-0.3, -0.25) is 0 Å². The Balaban J connectivity index is 2.73. The van der Waals surface area contributed by atoms with Gasteiger partial charge in [-0.25, -0.2) is 0 Å². The number of rotatable bonds is 6. The van der Waals surface area contributed by atoms with Crippen LogP contribution >= 0.6 is 15.9 Å². The number of halogens is 4. The van der Waals surface area contributed by atoms with Gasteiger partial charge in [-0.2, -0.15) is 0 Å². The Morgan fingerprint density at radius 2 is 2.11 bits per heavy atom. The molecule has 0 aliphatic heterocycles. The number of alkyl halides is 3. The molecule has 0 bridgehead atoms. The van der Waals surface area contributed by atoms with Gasteiger partial charge in [-0.15, -0.1) is 19.8 Å². The maximum Gasteiger partial charge on any atom is 0.573 e. The van der Waals surface area contributed by atoms with Gasteiger partial charge in [0.05, 0.1) is 5.69 Å². The Hall–Kier alpha value is -1.17. The van der Waals surface area contributed by atoms with E-state index in [1.165, 1.54) is 6.07 Å². The van der Waals surface area contributed by atoms with Crippen molar-refractivity contribution >= 4 is 21.6 Å². The first kappa shape index (κ1) is 14.9. The average Bonchev–Trinajstić information content (AvgIpc) is 2.24. The van der Waals surface area contributed by atoms with Crippen molar-refractivity contribution in [3.8, 4) is 5.75 Å². The van der Waals surface area contributed by atoms with E-state index in [1.807, 2.05) is 0 Å². The third-order valence-electron chi connectivity index (χ3n) is 2.07. The lowest BCUT2D eigenvalue weighted by Gasteiger charge is -2.14. The number of ether oxygens (including phenoxy) is 1. The van der Waals surface area contributed by atoms with Crippen LogP contribution in [0.1, 0.15) is 12.8 Å². The van der Waals surface area contributed by atoms with E-state index in [9.17, 15) is 13.2 Å². The van der Waals surface area contributed by atoms with Crippen LogP contribution in [0.25, 0.3) is 0 Å². The summed E-state index contributed by atoms with van der Waals surface area (Å²) in [6.07, 6.45) is -1.33.